The number of hydrogen-bond acceptors (Lipinski definition) is 6. The smallest absolute Gasteiger partial charge is 0.269 e. The lowest BCUT2D eigenvalue weighted by molar-refractivity contribution is -0.384. The maximum absolute atomic E-state index is 10.6. The van der Waals surface area contributed by atoms with Crippen LogP contribution in [0.3, 0.4) is 0 Å². The van der Waals surface area contributed by atoms with Gasteiger partial charge in [0.1, 0.15) is 12.5 Å². The first-order valence-corrected chi connectivity index (χ1v) is 7.57. The van der Waals surface area contributed by atoms with E-state index in [1.165, 1.54) is 12.1 Å². The zero-order chi connectivity index (χ0) is 17.2. The molecule has 1 heterocycles. The molecule has 1 aromatic carbocycles. The number of benzene rings is 1. The van der Waals surface area contributed by atoms with E-state index < -0.39 is 4.92 Å². The van der Waals surface area contributed by atoms with Gasteiger partial charge in [-0.15, -0.1) is 0 Å². The molecule has 0 amide bonds. The van der Waals surface area contributed by atoms with Crippen LogP contribution >= 0.6 is 0 Å². The van der Waals surface area contributed by atoms with Gasteiger partial charge < -0.3 is 14.2 Å². The Morgan fingerprint density at radius 1 is 1.08 bits per heavy atom. The standard InChI is InChI=1S/C17H20N2O5/c1-22-13-23-10-8-14-2-3-15(18-12-14)9-11-24-17-6-4-16(5-7-17)19(20)21/h2-7,12H,8-11,13H2,1H3. The average Bonchev–Trinajstić information content (AvgIpc) is 2.60. The van der Waals surface area contributed by atoms with Crippen molar-refractivity contribution >= 4 is 5.69 Å². The third-order valence-corrected chi connectivity index (χ3v) is 3.30. The van der Waals surface area contributed by atoms with Crippen LogP contribution in [0.4, 0.5) is 5.69 Å². The first kappa shape index (κ1) is 17.8. The van der Waals surface area contributed by atoms with Crippen LogP contribution in [0.15, 0.2) is 42.6 Å². The number of methoxy groups -OCH3 is 1. The van der Waals surface area contributed by atoms with E-state index >= 15 is 0 Å². The van der Waals surface area contributed by atoms with Crippen molar-refractivity contribution in [3.8, 4) is 5.75 Å². The highest BCUT2D eigenvalue weighted by Crippen LogP contribution is 2.17. The van der Waals surface area contributed by atoms with Gasteiger partial charge in [-0.2, -0.15) is 0 Å². The van der Waals surface area contributed by atoms with E-state index in [1.54, 1.807) is 19.2 Å². The Morgan fingerprint density at radius 2 is 1.88 bits per heavy atom. The van der Waals surface area contributed by atoms with Gasteiger partial charge in [-0.05, 0) is 30.2 Å². The third kappa shape index (κ3) is 5.94. The van der Waals surface area contributed by atoms with Gasteiger partial charge in [-0.3, -0.25) is 15.1 Å². The van der Waals surface area contributed by atoms with Gasteiger partial charge in [0.15, 0.2) is 0 Å². The number of non-ortho nitro benzene ring substituents is 1. The Morgan fingerprint density at radius 3 is 2.50 bits per heavy atom. The molecule has 2 aromatic rings. The average molecular weight is 332 g/mol. The van der Waals surface area contributed by atoms with Crippen molar-refractivity contribution in [1.29, 1.82) is 0 Å². The molecular weight excluding hydrogens is 312 g/mol. The van der Waals surface area contributed by atoms with Gasteiger partial charge in [0.2, 0.25) is 0 Å². The van der Waals surface area contributed by atoms with E-state index in [9.17, 15) is 10.1 Å². The molecule has 7 heteroatoms. The number of rotatable bonds is 10. The minimum atomic E-state index is -0.435. The normalized spacial score (nSPS) is 10.5. The van der Waals surface area contributed by atoms with E-state index in [1.807, 2.05) is 18.3 Å². The maximum Gasteiger partial charge on any atom is 0.269 e. The molecular formula is C17H20N2O5. The van der Waals surface area contributed by atoms with Crippen molar-refractivity contribution in [2.75, 3.05) is 27.1 Å². The molecule has 0 aliphatic carbocycles. The van der Waals surface area contributed by atoms with Crippen molar-refractivity contribution in [2.24, 2.45) is 0 Å². The summed E-state index contributed by atoms with van der Waals surface area (Å²) in [5.41, 5.74) is 2.08. The zero-order valence-electron chi connectivity index (χ0n) is 13.5. The summed E-state index contributed by atoms with van der Waals surface area (Å²) in [5, 5.41) is 10.6. The van der Waals surface area contributed by atoms with Crippen LogP contribution in [0.1, 0.15) is 11.3 Å². The number of ether oxygens (including phenoxy) is 3. The molecule has 0 fully saturated rings. The van der Waals surface area contributed by atoms with Crippen LogP contribution in [-0.2, 0) is 22.3 Å². The quantitative estimate of drug-likeness (QED) is 0.288. The van der Waals surface area contributed by atoms with Gasteiger partial charge in [-0.25, -0.2) is 0 Å². The monoisotopic (exact) mass is 332 g/mol. The largest absolute Gasteiger partial charge is 0.493 e. The van der Waals surface area contributed by atoms with Gasteiger partial charge in [-0.1, -0.05) is 6.07 Å². The lowest BCUT2D eigenvalue weighted by Crippen LogP contribution is -2.04. The highest BCUT2D eigenvalue weighted by molar-refractivity contribution is 5.35. The predicted molar refractivity (Wildman–Crippen MR) is 88.1 cm³/mol. The summed E-state index contributed by atoms with van der Waals surface area (Å²) in [6.45, 7) is 1.35. The fourth-order valence-electron chi connectivity index (χ4n) is 2.02. The van der Waals surface area contributed by atoms with Crippen molar-refractivity contribution in [3.63, 3.8) is 0 Å². The van der Waals surface area contributed by atoms with Gasteiger partial charge >= 0.3 is 0 Å². The van der Waals surface area contributed by atoms with E-state index in [4.69, 9.17) is 14.2 Å². The lowest BCUT2D eigenvalue weighted by Gasteiger charge is -2.07. The Balaban J connectivity index is 1.73. The zero-order valence-corrected chi connectivity index (χ0v) is 13.5. The predicted octanol–water partition coefficient (Wildman–Crippen LogP) is 2.77. The van der Waals surface area contributed by atoms with Crippen LogP contribution in [-0.4, -0.2) is 37.0 Å². The fraction of sp³-hybridized carbons (Fsp3) is 0.353. The summed E-state index contributed by atoms with van der Waals surface area (Å²) in [5.74, 6) is 0.604. The molecule has 24 heavy (non-hydrogen) atoms. The molecule has 7 nitrogen and oxygen atoms in total. The van der Waals surface area contributed by atoms with Crippen molar-refractivity contribution < 1.29 is 19.1 Å². The summed E-state index contributed by atoms with van der Waals surface area (Å²) >= 11 is 0. The molecule has 0 saturated heterocycles. The molecule has 0 bridgehead atoms. The Bertz CT molecular complexity index is 628. The summed E-state index contributed by atoms with van der Waals surface area (Å²) in [4.78, 5) is 14.5. The van der Waals surface area contributed by atoms with Crippen LogP contribution < -0.4 is 4.74 Å². The molecule has 1 aromatic heterocycles. The second-order valence-electron chi connectivity index (χ2n) is 5.07. The molecule has 0 N–H and O–H groups in total. The highest BCUT2D eigenvalue weighted by Gasteiger charge is 2.04. The lowest BCUT2D eigenvalue weighted by atomic mass is 10.2. The van der Waals surface area contributed by atoms with Gasteiger partial charge in [0.05, 0.1) is 18.1 Å². The first-order valence-electron chi connectivity index (χ1n) is 7.57. The molecule has 0 spiro atoms. The van der Waals surface area contributed by atoms with Crippen molar-refractivity contribution in [2.45, 2.75) is 12.8 Å². The van der Waals surface area contributed by atoms with Crippen LogP contribution in [0, 0.1) is 10.1 Å². The van der Waals surface area contributed by atoms with Crippen LogP contribution in [0.5, 0.6) is 5.75 Å². The number of pyridine rings is 1. The summed E-state index contributed by atoms with van der Waals surface area (Å²) in [7, 11) is 1.59. The van der Waals surface area contributed by atoms with Crippen molar-refractivity contribution in [1.82, 2.24) is 4.98 Å². The number of nitro benzene ring substituents is 1. The second-order valence-corrected chi connectivity index (χ2v) is 5.07. The van der Waals surface area contributed by atoms with E-state index in [0.29, 0.717) is 32.2 Å². The molecule has 0 aliphatic heterocycles. The second kappa shape index (κ2) is 9.59. The molecule has 0 saturated carbocycles. The van der Waals surface area contributed by atoms with E-state index in [2.05, 4.69) is 4.98 Å². The summed E-state index contributed by atoms with van der Waals surface area (Å²) < 4.78 is 15.6. The number of hydrogen-bond donors (Lipinski definition) is 0. The summed E-state index contributed by atoms with van der Waals surface area (Å²) in [6, 6.07) is 10.0. The van der Waals surface area contributed by atoms with Gasteiger partial charge in [0.25, 0.3) is 5.69 Å². The number of nitrogens with zero attached hydrogens (tertiary/aromatic N) is 2. The Hall–Kier alpha value is -2.51. The molecule has 128 valence electrons. The minimum Gasteiger partial charge on any atom is -0.493 e. The molecule has 2 rings (SSSR count). The van der Waals surface area contributed by atoms with Crippen LogP contribution in [0.25, 0.3) is 0 Å². The molecule has 0 radical (unpaired) electrons. The SMILES string of the molecule is COCOCCc1ccc(CCOc2ccc([N+](=O)[O-])cc2)nc1. The fourth-order valence-corrected chi connectivity index (χ4v) is 2.02. The number of aromatic nitrogens is 1. The third-order valence-electron chi connectivity index (χ3n) is 3.30. The number of nitro groups is 1. The van der Waals surface area contributed by atoms with Crippen molar-refractivity contribution in [3.05, 3.63) is 64.0 Å². The summed E-state index contributed by atoms with van der Waals surface area (Å²) in [6.07, 6.45) is 3.28. The topological polar surface area (TPSA) is 83.7 Å². The highest BCUT2D eigenvalue weighted by atomic mass is 16.7. The van der Waals surface area contributed by atoms with E-state index in [0.717, 1.165) is 17.7 Å². The minimum absolute atomic E-state index is 0.0501. The molecule has 0 atom stereocenters. The van der Waals surface area contributed by atoms with E-state index in [-0.39, 0.29) is 5.69 Å². The first-order chi connectivity index (χ1) is 11.7. The Labute approximate surface area is 140 Å². The van der Waals surface area contributed by atoms with Gasteiger partial charge in [0, 0.05) is 37.6 Å². The van der Waals surface area contributed by atoms with Crippen LogP contribution in [0.2, 0.25) is 0 Å². The Kier molecular flexibility index (Phi) is 7.13. The molecule has 0 aliphatic rings. The maximum atomic E-state index is 10.6. The molecule has 0 unspecified atom stereocenters.